The van der Waals surface area contributed by atoms with Gasteiger partial charge in [0.15, 0.2) is 0 Å². The van der Waals surface area contributed by atoms with E-state index >= 15 is 0 Å². The van der Waals surface area contributed by atoms with Gasteiger partial charge in [-0.2, -0.15) is 13.2 Å². The molecule has 42 heavy (non-hydrogen) atoms. The third-order valence-corrected chi connectivity index (χ3v) is 8.29. The van der Waals surface area contributed by atoms with Crippen molar-refractivity contribution in [3.05, 3.63) is 101 Å². The molecule has 1 amide bonds. The van der Waals surface area contributed by atoms with Crippen LogP contribution >= 0.6 is 0 Å². The maximum absolute atomic E-state index is 13.2. The van der Waals surface area contributed by atoms with Gasteiger partial charge >= 0.3 is 6.18 Å². The highest BCUT2D eigenvalue weighted by Gasteiger charge is 2.30. The zero-order valence-corrected chi connectivity index (χ0v) is 24.2. The number of hydrogen-bond donors (Lipinski definition) is 0. The van der Waals surface area contributed by atoms with Gasteiger partial charge in [-0.05, 0) is 78.8 Å². The Morgan fingerprint density at radius 1 is 0.881 bits per heavy atom. The average molecular weight is 577 g/mol. The van der Waals surface area contributed by atoms with E-state index in [0.717, 1.165) is 53.6 Å². The smallest absolute Gasteiger partial charge is 0.416 e. The molecular weight excluding hydrogens is 537 g/mol. The van der Waals surface area contributed by atoms with Crippen LogP contribution in [0.15, 0.2) is 79.0 Å². The number of nitrogens with zero attached hydrogens (tertiary/aromatic N) is 2. The standard InChI is InChI=1S/C35H39F3N2O2/c1-2-3-4-5-8-23-42-30-17-13-28(14-18-30)34(41)39-21-19-27(20-22-39)32-25-40(33-10-7-6-9-31(32)33)24-26-11-15-29(16-12-26)35(36,37)38/h6-7,9-18,25,27H,2-5,8,19-24H2,1H3. The Balaban J connectivity index is 1.19. The van der Waals surface area contributed by atoms with Crippen molar-refractivity contribution >= 4 is 16.8 Å². The van der Waals surface area contributed by atoms with Gasteiger partial charge in [-0.1, -0.05) is 62.9 Å². The van der Waals surface area contributed by atoms with Crippen molar-refractivity contribution in [3.63, 3.8) is 0 Å². The Kier molecular flexibility index (Phi) is 9.55. The Labute approximate surface area is 246 Å². The number of alkyl halides is 3. The van der Waals surface area contributed by atoms with Crippen molar-refractivity contribution in [2.75, 3.05) is 19.7 Å². The second kappa shape index (κ2) is 13.5. The van der Waals surface area contributed by atoms with E-state index in [4.69, 9.17) is 4.74 Å². The highest BCUT2D eigenvalue weighted by atomic mass is 19.4. The SMILES string of the molecule is CCCCCCCOc1ccc(C(=O)N2CCC(c3cn(Cc4ccc(C(F)(F)F)cc4)c4ccccc34)CC2)cc1. The zero-order valence-electron chi connectivity index (χ0n) is 24.2. The minimum Gasteiger partial charge on any atom is -0.494 e. The molecule has 1 aliphatic heterocycles. The largest absolute Gasteiger partial charge is 0.494 e. The van der Waals surface area contributed by atoms with Crippen LogP contribution in [-0.2, 0) is 12.7 Å². The molecule has 0 aliphatic carbocycles. The van der Waals surface area contributed by atoms with Gasteiger partial charge in [-0.25, -0.2) is 0 Å². The fraction of sp³-hybridized carbons (Fsp3) is 0.400. The molecule has 0 N–H and O–H groups in total. The third kappa shape index (κ3) is 7.18. The number of rotatable bonds is 11. The lowest BCUT2D eigenvalue weighted by Crippen LogP contribution is -2.37. The van der Waals surface area contributed by atoms with E-state index in [1.807, 2.05) is 41.3 Å². The predicted molar refractivity (Wildman–Crippen MR) is 161 cm³/mol. The van der Waals surface area contributed by atoms with E-state index in [1.165, 1.54) is 31.2 Å². The van der Waals surface area contributed by atoms with Crippen LogP contribution in [-0.4, -0.2) is 35.1 Å². The van der Waals surface area contributed by atoms with Gasteiger partial charge in [0.2, 0.25) is 0 Å². The molecule has 5 rings (SSSR count). The van der Waals surface area contributed by atoms with Gasteiger partial charge in [0.25, 0.3) is 5.91 Å². The minimum atomic E-state index is -4.34. The van der Waals surface area contributed by atoms with Crippen molar-refractivity contribution < 1.29 is 22.7 Å². The molecule has 3 aromatic carbocycles. The Morgan fingerprint density at radius 2 is 1.57 bits per heavy atom. The average Bonchev–Trinajstić information content (AvgIpc) is 3.37. The van der Waals surface area contributed by atoms with Crippen molar-refractivity contribution in [1.82, 2.24) is 9.47 Å². The summed E-state index contributed by atoms with van der Waals surface area (Å²) in [5, 5.41) is 1.16. The lowest BCUT2D eigenvalue weighted by atomic mass is 9.89. The van der Waals surface area contributed by atoms with E-state index in [9.17, 15) is 18.0 Å². The maximum Gasteiger partial charge on any atom is 0.416 e. The van der Waals surface area contributed by atoms with E-state index in [-0.39, 0.29) is 5.91 Å². The highest BCUT2D eigenvalue weighted by molar-refractivity contribution is 5.94. The highest BCUT2D eigenvalue weighted by Crippen LogP contribution is 2.35. The molecule has 0 radical (unpaired) electrons. The summed E-state index contributed by atoms with van der Waals surface area (Å²) in [7, 11) is 0. The molecular formula is C35H39F3N2O2. The minimum absolute atomic E-state index is 0.0456. The zero-order chi connectivity index (χ0) is 29.5. The van der Waals surface area contributed by atoms with Gasteiger partial charge in [0.1, 0.15) is 5.75 Å². The first-order chi connectivity index (χ1) is 20.3. The second-order valence-electron chi connectivity index (χ2n) is 11.3. The summed E-state index contributed by atoms with van der Waals surface area (Å²) >= 11 is 0. The number of hydrogen-bond acceptors (Lipinski definition) is 2. The van der Waals surface area contributed by atoms with Crippen LogP contribution in [0.1, 0.15) is 84.8 Å². The molecule has 2 heterocycles. The number of amides is 1. The number of para-hydroxylation sites is 1. The normalized spacial score (nSPS) is 14.4. The van der Waals surface area contributed by atoms with E-state index in [2.05, 4.69) is 29.8 Å². The molecule has 4 aromatic rings. The fourth-order valence-corrected chi connectivity index (χ4v) is 5.89. The summed E-state index contributed by atoms with van der Waals surface area (Å²) in [5.41, 5.74) is 3.16. The number of carbonyl (C=O) groups is 1. The molecule has 1 aliphatic rings. The Bertz CT molecular complexity index is 1450. The Morgan fingerprint density at radius 3 is 2.26 bits per heavy atom. The third-order valence-electron chi connectivity index (χ3n) is 8.29. The molecule has 1 aromatic heterocycles. The number of carbonyl (C=O) groups excluding carboxylic acids is 1. The van der Waals surface area contributed by atoms with Crippen LogP contribution in [0, 0.1) is 0 Å². The number of likely N-dealkylation sites (tertiary alicyclic amines) is 1. The number of benzene rings is 3. The molecule has 0 unspecified atom stereocenters. The van der Waals surface area contributed by atoms with Crippen LogP contribution in [0.4, 0.5) is 13.2 Å². The molecule has 0 atom stereocenters. The topological polar surface area (TPSA) is 34.5 Å². The van der Waals surface area contributed by atoms with Crippen LogP contribution in [0.5, 0.6) is 5.75 Å². The predicted octanol–water partition coefficient (Wildman–Crippen LogP) is 9.08. The van der Waals surface area contributed by atoms with Crippen molar-refractivity contribution in [3.8, 4) is 5.75 Å². The first-order valence-electron chi connectivity index (χ1n) is 15.1. The van der Waals surface area contributed by atoms with Gasteiger partial charge < -0.3 is 14.2 Å². The number of unbranched alkanes of at least 4 members (excludes halogenated alkanes) is 4. The van der Waals surface area contributed by atoms with Crippen molar-refractivity contribution in [2.45, 2.75) is 70.5 Å². The summed E-state index contributed by atoms with van der Waals surface area (Å²) < 4.78 is 47.0. The first kappa shape index (κ1) is 29.7. The molecule has 1 saturated heterocycles. The van der Waals surface area contributed by atoms with Crippen LogP contribution in [0.3, 0.4) is 0 Å². The van der Waals surface area contributed by atoms with Gasteiger partial charge in [0.05, 0.1) is 12.2 Å². The number of aromatic nitrogens is 1. The Hall–Kier alpha value is -3.74. The molecule has 4 nitrogen and oxygen atoms in total. The lowest BCUT2D eigenvalue weighted by Gasteiger charge is -2.32. The van der Waals surface area contributed by atoms with E-state index in [1.54, 1.807) is 12.1 Å². The monoisotopic (exact) mass is 576 g/mol. The van der Waals surface area contributed by atoms with Crippen LogP contribution in [0.2, 0.25) is 0 Å². The van der Waals surface area contributed by atoms with Gasteiger partial charge in [0, 0.05) is 42.3 Å². The quantitative estimate of drug-likeness (QED) is 0.167. The van der Waals surface area contributed by atoms with E-state index in [0.29, 0.717) is 37.7 Å². The molecule has 0 bridgehead atoms. The van der Waals surface area contributed by atoms with Crippen LogP contribution in [0.25, 0.3) is 10.9 Å². The molecule has 7 heteroatoms. The number of piperidine rings is 1. The first-order valence-corrected chi connectivity index (χ1v) is 15.1. The van der Waals surface area contributed by atoms with Crippen molar-refractivity contribution in [1.29, 1.82) is 0 Å². The molecule has 222 valence electrons. The molecule has 0 saturated carbocycles. The number of fused-ring (bicyclic) bond motifs is 1. The molecule has 0 spiro atoms. The number of ether oxygens (including phenoxy) is 1. The van der Waals surface area contributed by atoms with Crippen LogP contribution < -0.4 is 4.74 Å². The summed E-state index contributed by atoms with van der Waals surface area (Å²) in [6, 6.07) is 21.1. The lowest BCUT2D eigenvalue weighted by molar-refractivity contribution is -0.137. The summed E-state index contributed by atoms with van der Waals surface area (Å²) in [5.74, 6) is 1.15. The maximum atomic E-state index is 13.2. The second-order valence-corrected chi connectivity index (χ2v) is 11.3. The summed E-state index contributed by atoms with van der Waals surface area (Å²) in [6.07, 6.45) is 5.49. The van der Waals surface area contributed by atoms with Gasteiger partial charge in [-0.15, -0.1) is 0 Å². The van der Waals surface area contributed by atoms with E-state index < -0.39 is 11.7 Å². The summed E-state index contributed by atoms with van der Waals surface area (Å²) in [6.45, 7) is 4.76. The summed E-state index contributed by atoms with van der Waals surface area (Å²) in [4.78, 5) is 15.2. The fourth-order valence-electron chi connectivity index (χ4n) is 5.89. The van der Waals surface area contributed by atoms with Crippen molar-refractivity contribution in [2.24, 2.45) is 0 Å². The molecule has 1 fully saturated rings. The number of halogens is 3. The van der Waals surface area contributed by atoms with Gasteiger partial charge in [-0.3, -0.25) is 4.79 Å².